The molecule has 1 fully saturated rings. The van der Waals surface area contributed by atoms with Gasteiger partial charge >= 0.3 is 0 Å². The van der Waals surface area contributed by atoms with Gasteiger partial charge in [0.05, 0.1) is 25.4 Å². The average Bonchev–Trinajstić information content (AvgIpc) is 2.05. The van der Waals surface area contributed by atoms with Gasteiger partial charge in [-0.3, -0.25) is 0 Å². The molecule has 0 N–H and O–H groups in total. The first kappa shape index (κ1) is 9.47. The Morgan fingerprint density at radius 3 is 1.60 bits per heavy atom. The van der Waals surface area contributed by atoms with Crippen molar-refractivity contribution in [2.75, 3.05) is 22.1 Å². The van der Waals surface area contributed by atoms with E-state index in [0.29, 0.717) is 12.2 Å². The van der Waals surface area contributed by atoms with Crippen LogP contribution < -0.4 is 0 Å². The minimum Gasteiger partial charge on any atom is -0.372 e. The molecule has 2 atom stereocenters. The van der Waals surface area contributed by atoms with Crippen LogP contribution in [-0.2, 0) is 9.47 Å². The molecular weight excluding hydrogens is 358 g/mol. The maximum atomic E-state index is 5.49. The number of rotatable bonds is 2. The lowest BCUT2D eigenvalue weighted by atomic mass is 10.3. The van der Waals surface area contributed by atoms with E-state index in [9.17, 15) is 0 Å². The van der Waals surface area contributed by atoms with Crippen molar-refractivity contribution in [3.05, 3.63) is 0 Å². The molecular formula is C6H10I2O2. The number of ether oxygens (including phenoxy) is 2. The van der Waals surface area contributed by atoms with Crippen LogP contribution in [0.25, 0.3) is 0 Å². The van der Waals surface area contributed by atoms with Gasteiger partial charge in [0.15, 0.2) is 0 Å². The van der Waals surface area contributed by atoms with Crippen molar-refractivity contribution in [2.45, 2.75) is 12.2 Å². The monoisotopic (exact) mass is 368 g/mol. The smallest absolute Gasteiger partial charge is 0.0899 e. The summed E-state index contributed by atoms with van der Waals surface area (Å²) < 4.78 is 13.1. The van der Waals surface area contributed by atoms with Crippen molar-refractivity contribution < 1.29 is 9.47 Å². The van der Waals surface area contributed by atoms with Crippen molar-refractivity contribution in [3.63, 3.8) is 0 Å². The van der Waals surface area contributed by atoms with Crippen molar-refractivity contribution >= 4 is 45.2 Å². The molecule has 0 saturated carbocycles. The fourth-order valence-corrected chi connectivity index (χ4v) is 1.78. The number of hydrogen-bond donors (Lipinski definition) is 0. The highest BCUT2D eigenvalue weighted by atomic mass is 127. The highest BCUT2D eigenvalue weighted by Gasteiger charge is 2.19. The van der Waals surface area contributed by atoms with Crippen LogP contribution in [0.3, 0.4) is 0 Å². The first-order valence-electron chi connectivity index (χ1n) is 3.22. The first-order chi connectivity index (χ1) is 4.86. The molecule has 0 radical (unpaired) electrons. The van der Waals surface area contributed by atoms with Gasteiger partial charge in [-0.2, -0.15) is 0 Å². The molecule has 1 rings (SSSR count). The Morgan fingerprint density at radius 2 is 1.40 bits per heavy atom. The Bertz CT molecular complexity index is 79.7. The lowest BCUT2D eigenvalue weighted by molar-refractivity contribution is -0.113. The minimum atomic E-state index is 0.333. The van der Waals surface area contributed by atoms with E-state index >= 15 is 0 Å². The van der Waals surface area contributed by atoms with E-state index in [1.54, 1.807) is 0 Å². The van der Waals surface area contributed by atoms with Gasteiger partial charge in [-0.15, -0.1) is 0 Å². The summed E-state index contributed by atoms with van der Waals surface area (Å²) in [6.07, 6.45) is 0.666. The van der Waals surface area contributed by atoms with E-state index in [1.165, 1.54) is 0 Å². The molecule has 0 spiro atoms. The number of alkyl halides is 2. The molecule has 4 heteroatoms. The Balaban J connectivity index is 2.17. The second kappa shape index (κ2) is 5.10. The van der Waals surface area contributed by atoms with E-state index in [4.69, 9.17) is 9.47 Å². The number of halogens is 2. The highest BCUT2D eigenvalue weighted by molar-refractivity contribution is 14.1. The molecule has 0 amide bonds. The average molecular weight is 368 g/mol. The quantitative estimate of drug-likeness (QED) is 0.545. The van der Waals surface area contributed by atoms with Gasteiger partial charge in [0, 0.05) is 8.86 Å². The molecule has 1 heterocycles. The highest BCUT2D eigenvalue weighted by Crippen LogP contribution is 2.10. The molecule has 1 aliphatic rings. The minimum absolute atomic E-state index is 0.333. The summed E-state index contributed by atoms with van der Waals surface area (Å²) in [6, 6.07) is 0. The standard InChI is InChI=1S/C6H10I2O2/c7-1-5-3-10-6(2-8)4-9-5/h5-6H,1-4H2/t5-,6-/m0/s1. The van der Waals surface area contributed by atoms with Gasteiger partial charge in [0.2, 0.25) is 0 Å². The lowest BCUT2D eigenvalue weighted by Crippen LogP contribution is -2.37. The van der Waals surface area contributed by atoms with Gasteiger partial charge in [-0.1, -0.05) is 45.2 Å². The molecule has 1 saturated heterocycles. The summed E-state index contributed by atoms with van der Waals surface area (Å²) >= 11 is 4.64. The van der Waals surface area contributed by atoms with E-state index < -0.39 is 0 Å². The van der Waals surface area contributed by atoms with Crippen molar-refractivity contribution in [1.82, 2.24) is 0 Å². The summed E-state index contributed by atoms with van der Waals surface area (Å²) in [5.74, 6) is 0. The van der Waals surface area contributed by atoms with Gasteiger partial charge in [-0.05, 0) is 0 Å². The fraction of sp³-hybridized carbons (Fsp3) is 1.00. The summed E-state index contributed by atoms with van der Waals surface area (Å²) in [7, 11) is 0. The van der Waals surface area contributed by atoms with Crippen LogP contribution in [0, 0.1) is 0 Å². The molecule has 0 aromatic carbocycles. The molecule has 0 bridgehead atoms. The zero-order chi connectivity index (χ0) is 7.40. The van der Waals surface area contributed by atoms with Crippen LogP contribution in [0.1, 0.15) is 0 Å². The molecule has 1 aliphatic heterocycles. The van der Waals surface area contributed by atoms with E-state index in [-0.39, 0.29) is 0 Å². The zero-order valence-electron chi connectivity index (χ0n) is 5.56. The molecule has 0 aliphatic carbocycles. The van der Waals surface area contributed by atoms with Crippen molar-refractivity contribution in [3.8, 4) is 0 Å². The topological polar surface area (TPSA) is 18.5 Å². The normalized spacial score (nSPS) is 34.2. The van der Waals surface area contributed by atoms with Crippen molar-refractivity contribution in [1.29, 1.82) is 0 Å². The summed E-state index contributed by atoms with van der Waals surface area (Å²) in [5, 5.41) is 0. The summed E-state index contributed by atoms with van der Waals surface area (Å²) in [4.78, 5) is 0. The Hall–Kier alpha value is 1.38. The Labute approximate surface area is 88.3 Å². The molecule has 10 heavy (non-hydrogen) atoms. The summed E-state index contributed by atoms with van der Waals surface area (Å²) in [5.41, 5.74) is 0. The predicted octanol–water partition coefficient (Wildman–Crippen LogP) is 1.64. The first-order valence-corrected chi connectivity index (χ1v) is 6.27. The van der Waals surface area contributed by atoms with E-state index in [1.807, 2.05) is 0 Å². The van der Waals surface area contributed by atoms with Gasteiger partial charge in [0.1, 0.15) is 0 Å². The van der Waals surface area contributed by atoms with E-state index in [0.717, 1.165) is 22.1 Å². The molecule has 0 aromatic heterocycles. The molecule has 60 valence electrons. The van der Waals surface area contributed by atoms with Crippen LogP contribution >= 0.6 is 45.2 Å². The molecule has 2 nitrogen and oxygen atoms in total. The maximum absolute atomic E-state index is 5.49. The van der Waals surface area contributed by atoms with Gasteiger partial charge in [-0.25, -0.2) is 0 Å². The maximum Gasteiger partial charge on any atom is 0.0899 e. The summed E-state index contributed by atoms with van der Waals surface area (Å²) in [6.45, 7) is 1.55. The predicted molar refractivity (Wildman–Crippen MR) is 57.3 cm³/mol. The number of hydrogen-bond acceptors (Lipinski definition) is 2. The fourth-order valence-electron chi connectivity index (χ4n) is 0.761. The van der Waals surface area contributed by atoms with Crippen LogP contribution in [0.15, 0.2) is 0 Å². The lowest BCUT2D eigenvalue weighted by Gasteiger charge is -2.27. The van der Waals surface area contributed by atoms with Crippen LogP contribution in [0.4, 0.5) is 0 Å². The largest absolute Gasteiger partial charge is 0.372 e. The Morgan fingerprint density at radius 1 is 1.00 bits per heavy atom. The zero-order valence-corrected chi connectivity index (χ0v) is 9.87. The van der Waals surface area contributed by atoms with Crippen LogP contribution in [0.5, 0.6) is 0 Å². The van der Waals surface area contributed by atoms with E-state index in [2.05, 4.69) is 45.2 Å². The third-order valence-electron chi connectivity index (χ3n) is 1.38. The second-order valence-electron chi connectivity index (χ2n) is 2.22. The SMILES string of the molecule is IC[C@H]1CO[C@@H](CI)CO1. The molecule has 0 aromatic rings. The Kier molecular flexibility index (Phi) is 4.83. The third-order valence-corrected chi connectivity index (χ3v) is 3.34. The molecule has 0 unspecified atom stereocenters. The van der Waals surface area contributed by atoms with Gasteiger partial charge < -0.3 is 9.47 Å². The van der Waals surface area contributed by atoms with Crippen LogP contribution in [0.2, 0.25) is 0 Å². The van der Waals surface area contributed by atoms with Crippen LogP contribution in [-0.4, -0.2) is 34.3 Å². The third kappa shape index (κ3) is 2.78. The van der Waals surface area contributed by atoms with Gasteiger partial charge in [0.25, 0.3) is 0 Å². The van der Waals surface area contributed by atoms with Crippen molar-refractivity contribution in [2.24, 2.45) is 0 Å². The second-order valence-corrected chi connectivity index (χ2v) is 3.98.